The van der Waals surface area contributed by atoms with Crippen molar-refractivity contribution in [1.29, 1.82) is 0 Å². The number of rotatable bonds is 3. The highest BCUT2D eigenvalue weighted by Crippen LogP contribution is 1.96. The molecular formula is C6H9FO3. The number of methoxy groups -OCH3 is 1. The number of hydrogen-bond acceptors (Lipinski definition) is 3. The van der Waals surface area contributed by atoms with Crippen LogP contribution in [0.2, 0.25) is 0 Å². The van der Waals surface area contributed by atoms with Gasteiger partial charge in [-0.15, -0.1) is 0 Å². The van der Waals surface area contributed by atoms with Gasteiger partial charge in [0.2, 0.25) is 0 Å². The fourth-order valence-corrected chi connectivity index (χ4v) is 0.355. The lowest BCUT2D eigenvalue weighted by Crippen LogP contribution is -2.16. The van der Waals surface area contributed by atoms with E-state index in [1.54, 1.807) is 0 Å². The summed E-state index contributed by atoms with van der Waals surface area (Å²) >= 11 is 0. The minimum atomic E-state index is -1.58. The van der Waals surface area contributed by atoms with Gasteiger partial charge in [-0.25, -0.2) is 4.39 Å². The molecule has 0 fully saturated rings. The highest BCUT2D eigenvalue weighted by Gasteiger charge is 2.15. The third-order valence-corrected chi connectivity index (χ3v) is 0.990. The van der Waals surface area contributed by atoms with Gasteiger partial charge in [0.25, 0.3) is 0 Å². The maximum atomic E-state index is 12.0. The van der Waals surface area contributed by atoms with E-state index in [9.17, 15) is 14.0 Å². The lowest BCUT2D eigenvalue weighted by atomic mass is 10.2. The monoisotopic (exact) mass is 148 g/mol. The normalized spacial score (nSPS) is 12.3. The predicted molar refractivity (Wildman–Crippen MR) is 32.2 cm³/mol. The summed E-state index contributed by atoms with van der Waals surface area (Å²) in [7, 11) is 1.15. The Morgan fingerprint density at radius 2 is 2.10 bits per heavy atom. The fourth-order valence-electron chi connectivity index (χ4n) is 0.355. The Labute approximate surface area is 58.2 Å². The molecule has 3 nitrogen and oxygen atoms in total. The average molecular weight is 148 g/mol. The Morgan fingerprint density at radius 1 is 1.60 bits per heavy atom. The van der Waals surface area contributed by atoms with Gasteiger partial charge in [0.05, 0.1) is 7.11 Å². The molecule has 0 saturated heterocycles. The topological polar surface area (TPSA) is 43.4 Å². The van der Waals surface area contributed by atoms with Crippen LogP contribution in [0.25, 0.3) is 0 Å². The zero-order chi connectivity index (χ0) is 8.15. The molecule has 0 rings (SSSR count). The highest BCUT2D eigenvalue weighted by molar-refractivity contribution is 5.97. The summed E-state index contributed by atoms with van der Waals surface area (Å²) in [4.78, 5) is 20.8. The van der Waals surface area contributed by atoms with Gasteiger partial charge in [-0.3, -0.25) is 9.59 Å². The molecule has 0 bridgehead atoms. The molecule has 0 saturated carbocycles. The molecule has 1 atom stereocenters. The molecule has 0 radical (unpaired) electrons. The first-order valence-electron chi connectivity index (χ1n) is 2.81. The maximum absolute atomic E-state index is 12.0. The summed E-state index contributed by atoms with van der Waals surface area (Å²) in [6.45, 7) is 1.09. The number of carbonyl (C=O) groups is 2. The van der Waals surface area contributed by atoms with Crippen molar-refractivity contribution in [2.24, 2.45) is 0 Å². The van der Waals surface area contributed by atoms with Gasteiger partial charge in [0, 0.05) is 0 Å². The number of hydrogen-bond donors (Lipinski definition) is 0. The Bertz CT molecular complexity index is 142. The molecule has 4 heteroatoms. The van der Waals surface area contributed by atoms with Crippen LogP contribution < -0.4 is 0 Å². The third kappa shape index (κ3) is 3.17. The Morgan fingerprint density at radius 3 is 2.40 bits per heavy atom. The van der Waals surface area contributed by atoms with E-state index in [0.29, 0.717) is 0 Å². The van der Waals surface area contributed by atoms with Crippen molar-refractivity contribution in [3.63, 3.8) is 0 Å². The lowest BCUT2D eigenvalue weighted by molar-refractivity contribution is -0.144. The molecule has 0 heterocycles. The van der Waals surface area contributed by atoms with Crippen molar-refractivity contribution in [2.75, 3.05) is 7.11 Å². The van der Waals surface area contributed by atoms with Crippen molar-refractivity contribution in [3.8, 4) is 0 Å². The van der Waals surface area contributed by atoms with Gasteiger partial charge >= 0.3 is 5.97 Å². The summed E-state index contributed by atoms with van der Waals surface area (Å²) in [6.07, 6.45) is -2.06. The molecular weight excluding hydrogens is 139 g/mol. The number of Topliss-reactive ketones (excluding diaryl/α,β-unsaturated/α-hetero) is 1. The molecule has 0 amide bonds. The van der Waals surface area contributed by atoms with E-state index >= 15 is 0 Å². The van der Waals surface area contributed by atoms with Crippen LogP contribution in [0, 0.1) is 0 Å². The van der Waals surface area contributed by atoms with Crippen molar-refractivity contribution in [2.45, 2.75) is 19.5 Å². The van der Waals surface area contributed by atoms with Crippen LogP contribution in [0.5, 0.6) is 0 Å². The zero-order valence-electron chi connectivity index (χ0n) is 5.89. The average Bonchev–Trinajstić information content (AvgIpc) is 1.87. The van der Waals surface area contributed by atoms with Crippen LogP contribution in [-0.2, 0) is 14.3 Å². The van der Waals surface area contributed by atoms with Crippen LogP contribution in [0.1, 0.15) is 13.3 Å². The predicted octanol–water partition coefficient (Wildman–Crippen LogP) is 0.477. The van der Waals surface area contributed by atoms with E-state index in [0.717, 1.165) is 14.0 Å². The Hall–Kier alpha value is -0.930. The van der Waals surface area contributed by atoms with E-state index in [2.05, 4.69) is 4.74 Å². The van der Waals surface area contributed by atoms with Gasteiger partial charge in [-0.05, 0) is 6.92 Å². The number of carbonyl (C=O) groups excluding carboxylic acids is 2. The molecule has 0 aliphatic heterocycles. The van der Waals surface area contributed by atoms with E-state index in [4.69, 9.17) is 0 Å². The minimum Gasteiger partial charge on any atom is -0.469 e. The SMILES string of the molecule is COC(=O)CC(=O)[C@@H](C)F. The summed E-state index contributed by atoms with van der Waals surface area (Å²) in [5, 5.41) is 0. The molecule has 0 aliphatic carbocycles. The maximum Gasteiger partial charge on any atom is 0.313 e. The van der Waals surface area contributed by atoms with Gasteiger partial charge in [-0.1, -0.05) is 0 Å². The molecule has 58 valence electrons. The lowest BCUT2D eigenvalue weighted by Gasteiger charge is -1.98. The molecule has 0 aliphatic rings. The largest absolute Gasteiger partial charge is 0.469 e. The summed E-state index contributed by atoms with van der Waals surface area (Å²) < 4.78 is 16.2. The van der Waals surface area contributed by atoms with E-state index in [1.165, 1.54) is 0 Å². The quantitative estimate of drug-likeness (QED) is 0.431. The van der Waals surface area contributed by atoms with E-state index in [1.807, 2.05) is 0 Å². The number of esters is 1. The second-order valence-electron chi connectivity index (χ2n) is 1.84. The number of ketones is 1. The third-order valence-electron chi connectivity index (χ3n) is 0.990. The van der Waals surface area contributed by atoms with Gasteiger partial charge < -0.3 is 4.74 Å². The molecule has 0 aromatic heterocycles. The van der Waals surface area contributed by atoms with Crippen molar-refractivity contribution in [1.82, 2.24) is 0 Å². The number of alkyl halides is 1. The smallest absolute Gasteiger partial charge is 0.313 e. The number of ether oxygens (including phenoxy) is 1. The summed E-state index contributed by atoms with van der Waals surface area (Å²) in [6, 6.07) is 0. The second-order valence-corrected chi connectivity index (χ2v) is 1.84. The number of halogens is 1. The zero-order valence-corrected chi connectivity index (χ0v) is 5.89. The molecule has 0 spiro atoms. The highest BCUT2D eigenvalue weighted by atomic mass is 19.1. The minimum absolute atomic E-state index is 0.478. The van der Waals surface area contributed by atoms with Crippen LogP contribution in [-0.4, -0.2) is 25.0 Å². The Balaban J connectivity index is 3.69. The standard InChI is InChI=1S/C6H9FO3/c1-4(7)5(8)3-6(9)10-2/h4H,3H2,1-2H3/t4-/m1/s1. The van der Waals surface area contributed by atoms with E-state index < -0.39 is 24.3 Å². The van der Waals surface area contributed by atoms with Crippen LogP contribution in [0.15, 0.2) is 0 Å². The van der Waals surface area contributed by atoms with Crippen molar-refractivity contribution < 1.29 is 18.7 Å². The molecule has 10 heavy (non-hydrogen) atoms. The van der Waals surface area contributed by atoms with Crippen molar-refractivity contribution in [3.05, 3.63) is 0 Å². The molecule has 0 unspecified atom stereocenters. The Kier molecular flexibility index (Phi) is 3.61. The molecule has 0 N–H and O–H groups in total. The first kappa shape index (κ1) is 9.07. The molecule has 0 aromatic carbocycles. The molecule has 0 aromatic rings. The van der Waals surface area contributed by atoms with Crippen LogP contribution in [0.4, 0.5) is 4.39 Å². The van der Waals surface area contributed by atoms with Crippen molar-refractivity contribution >= 4 is 11.8 Å². The van der Waals surface area contributed by atoms with Crippen LogP contribution >= 0.6 is 0 Å². The fraction of sp³-hybridized carbons (Fsp3) is 0.667. The summed E-state index contributed by atoms with van der Waals surface area (Å²) in [5.41, 5.74) is 0. The van der Waals surface area contributed by atoms with Gasteiger partial charge in [0.1, 0.15) is 6.42 Å². The first-order chi connectivity index (χ1) is 4.57. The van der Waals surface area contributed by atoms with Crippen LogP contribution in [0.3, 0.4) is 0 Å². The summed E-state index contributed by atoms with van der Waals surface area (Å²) in [5.74, 6) is -1.44. The van der Waals surface area contributed by atoms with E-state index in [-0.39, 0.29) is 0 Å². The van der Waals surface area contributed by atoms with Gasteiger partial charge in [-0.2, -0.15) is 0 Å². The first-order valence-corrected chi connectivity index (χ1v) is 2.81. The second kappa shape index (κ2) is 3.98. The van der Waals surface area contributed by atoms with Gasteiger partial charge in [0.15, 0.2) is 12.0 Å².